The predicted molar refractivity (Wildman–Crippen MR) is 54.7 cm³/mol. The number of para-hydroxylation sites is 1. The van der Waals surface area contributed by atoms with E-state index >= 15 is 0 Å². The molecule has 0 atom stereocenters. The topological polar surface area (TPSA) is 59.8 Å². The molecule has 17 heavy (non-hydrogen) atoms. The van der Waals surface area contributed by atoms with Crippen molar-refractivity contribution < 1.29 is 13.6 Å². The molecule has 1 amide bonds. The first-order valence-corrected chi connectivity index (χ1v) is 4.72. The first-order valence-electron chi connectivity index (χ1n) is 4.72. The number of hydrogen-bond acceptors (Lipinski definition) is 3. The first-order chi connectivity index (χ1) is 8.13. The van der Waals surface area contributed by atoms with Crippen molar-refractivity contribution in [3.8, 4) is 5.69 Å². The zero-order valence-electron chi connectivity index (χ0n) is 8.82. The molecule has 1 aromatic heterocycles. The Morgan fingerprint density at radius 2 is 2.00 bits per heavy atom. The monoisotopic (exact) mass is 238 g/mol. The number of halogens is 2. The summed E-state index contributed by atoms with van der Waals surface area (Å²) in [7, 11) is 1.42. The predicted octanol–water partition coefficient (Wildman–Crippen LogP) is 0.905. The summed E-state index contributed by atoms with van der Waals surface area (Å²) in [6.45, 7) is 0. The van der Waals surface area contributed by atoms with Gasteiger partial charge in [0, 0.05) is 7.05 Å². The van der Waals surface area contributed by atoms with Crippen molar-refractivity contribution in [3.63, 3.8) is 0 Å². The summed E-state index contributed by atoms with van der Waals surface area (Å²) >= 11 is 0. The van der Waals surface area contributed by atoms with Gasteiger partial charge >= 0.3 is 0 Å². The Morgan fingerprint density at radius 3 is 2.59 bits per heavy atom. The van der Waals surface area contributed by atoms with Crippen LogP contribution in [0, 0.1) is 11.6 Å². The van der Waals surface area contributed by atoms with Gasteiger partial charge in [-0.3, -0.25) is 4.79 Å². The highest BCUT2D eigenvalue weighted by molar-refractivity contribution is 5.91. The van der Waals surface area contributed by atoms with Gasteiger partial charge in [-0.15, -0.1) is 5.10 Å². The normalized spacial score (nSPS) is 10.3. The maximum absolute atomic E-state index is 13.4. The van der Waals surface area contributed by atoms with Crippen LogP contribution in [-0.2, 0) is 0 Å². The average molecular weight is 238 g/mol. The number of carbonyl (C=O) groups is 1. The summed E-state index contributed by atoms with van der Waals surface area (Å²) in [5, 5.41) is 9.35. The van der Waals surface area contributed by atoms with Gasteiger partial charge in [0.25, 0.3) is 5.91 Å². The van der Waals surface area contributed by atoms with Crippen molar-refractivity contribution in [2.45, 2.75) is 0 Å². The molecule has 0 aliphatic rings. The third kappa shape index (κ3) is 1.99. The van der Waals surface area contributed by atoms with Crippen molar-refractivity contribution in [3.05, 3.63) is 41.7 Å². The fourth-order valence-corrected chi connectivity index (χ4v) is 1.31. The SMILES string of the molecule is CNC(=O)c1cn(-c2c(F)cccc2F)nn1. The van der Waals surface area contributed by atoms with Gasteiger partial charge in [-0.05, 0) is 12.1 Å². The van der Waals surface area contributed by atoms with Crippen molar-refractivity contribution in [2.24, 2.45) is 0 Å². The molecule has 88 valence electrons. The van der Waals surface area contributed by atoms with Gasteiger partial charge in [-0.25, -0.2) is 13.5 Å². The van der Waals surface area contributed by atoms with Gasteiger partial charge < -0.3 is 5.32 Å². The molecule has 0 unspecified atom stereocenters. The molecule has 0 aliphatic carbocycles. The number of carbonyl (C=O) groups excluding carboxylic acids is 1. The molecule has 5 nitrogen and oxygen atoms in total. The number of nitrogens with zero attached hydrogens (tertiary/aromatic N) is 3. The molecule has 0 aliphatic heterocycles. The van der Waals surface area contributed by atoms with E-state index in [4.69, 9.17) is 0 Å². The number of hydrogen-bond donors (Lipinski definition) is 1. The molecule has 0 bridgehead atoms. The summed E-state index contributed by atoms with van der Waals surface area (Å²) < 4.78 is 27.7. The third-order valence-corrected chi connectivity index (χ3v) is 2.12. The second kappa shape index (κ2) is 4.28. The summed E-state index contributed by atoms with van der Waals surface area (Å²) in [5.41, 5.74) is -0.384. The van der Waals surface area contributed by atoms with Gasteiger partial charge in [-0.2, -0.15) is 0 Å². The van der Waals surface area contributed by atoms with E-state index in [9.17, 15) is 13.6 Å². The molecule has 0 spiro atoms. The molecule has 1 N–H and O–H groups in total. The van der Waals surface area contributed by atoms with Crippen molar-refractivity contribution in [1.82, 2.24) is 20.3 Å². The average Bonchev–Trinajstić information content (AvgIpc) is 2.77. The molecular formula is C10H8F2N4O. The van der Waals surface area contributed by atoms with Crippen molar-refractivity contribution >= 4 is 5.91 Å². The van der Waals surface area contributed by atoms with Crippen LogP contribution >= 0.6 is 0 Å². The van der Waals surface area contributed by atoms with Gasteiger partial charge in [0.2, 0.25) is 0 Å². The number of amides is 1. The third-order valence-electron chi connectivity index (χ3n) is 2.12. The fraction of sp³-hybridized carbons (Fsp3) is 0.100. The lowest BCUT2D eigenvalue weighted by Crippen LogP contribution is -2.18. The van der Waals surface area contributed by atoms with E-state index in [2.05, 4.69) is 15.6 Å². The Morgan fingerprint density at radius 1 is 1.35 bits per heavy atom. The molecule has 2 aromatic rings. The van der Waals surface area contributed by atoms with Crippen LogP contribution in [0.1, 0.15) is 10.5 Å². The second-order valence-corrected chi connectivity index (χ2v) is 3.20. The van der Waals surface area contributed by atoms with Crippen molar-refractivity contribution in [2.75, 3.05) is 7.05 Å². The first kappa shape index (κ1) is 11.2. The molecular weight excluding hydrogens is 230 g/mol. The molecule has 0 saturated heterocycles. The van der Waals surface area contributed by atoms with Crippen LogP contribution in [0.2, 0.25) is 0 Å². The number of benzene rings is 1. The lowest BCUT2D eigenvalue weighted by Gasteiger charge is -2.02. The van der Waals surface area contributed by atoms with E-state index in [1.54, 1.807) is 0 Å². The Bertz CT molecular complexity index is 547. The Labute approximate surface area is 95.1 Å². The molecule has 1 heterocycles. The number of aromatic nitrogens is 3. The van der Waals surface area contributed by atoms with Crippen LogP contribution in [0.3, 0.4) is 0 Å². The summed E-state index contributed by atoms with van der Waals surface area (Å²) in [6.07, 6.45) is 1.15. The highest BCUT2D eigenvalue weighted by atomic mass is 19.1. The van der Waals surface area contributed by atoms with Crippen LogP contribution < -0.4 is 5.32 Å². The Balaban J connectivity index is 2.47. The van der Waals surface area contributed by atoms with E-state index in [0.717, 1.165) is 23.0 Å². The van der Waals surface area contributed by atoms with E-state index in [-0.39, 0.29) is 11.4 Å². The van der Waals surface area contributed by atoms with Gasteiger partial charge in [0.1, 0.15) is 5.69 Å². The molecule has 7 heteroatoms. The van der Waals surface area contributed by atoms with Crippen LogP contribution in [-0.4, -0.2) is 27.9 Å². The van der Waals surface area contributed by atoms with Gasteiger partial charge in [0.15, 0.2) is 17.3 Å². The second-order valence-electron chi connectivity index (χ2n) is 3.20. The minimum absolute atomic E-state index is 0.0184. The lowest BCUT2D eigenvalue weighted by molar-refractivity contribution is 0.0958. The molecule has 0 radical (unpaired) electrons. The maximum atomic E-state index is 13.4. The smallest absolute Gasteiger partial charge is 0.273 e. The van der Waals surface area contributed by atoms with E-state index in [1.165, 1.54) is 13.1 Å². The fourth-order valence-electron chi connectivity index (χ4n) is 1.31. The van der Waals surface area contributed by atoms with Crippen LogP contribution in [0.15, 0.2) is 24.4 Å². The quantitative estimate of drug-likeness (QED) is 0.845. The van der Waals surface area contributed by atoms with E-state index in [1.807, 2.05) is 0 Å². The summed E-state index contributed by atoms with van der Waals surface area (Å²) in [6, 6.07) is 3.43. The maximum Gasteiger partial charge on any atom is 0.273 e. The van der Waals surface area contributed by atoms with Crippen LogP contribution in [0.5, 0.6) is 0 Å². The molecule has 1 aromatic carbocycles. The van der Waals surface area contributed by atoms with Crippen molar-refractivity contribution in [1.29, 1.82) is 0 Å². The zero-order chi connectivity index (χ0) is 12.4. The lowest BCUT2D eigenvalue weighted by atomic mass is 10.3. The van der Waals surface area contributed by atoms with E-state index in [0.29, 0.717) is 0 Å². The largest absolute Gasteiger partial charge is 0.354 e. The van der Waals surface area contributed by atoms with E-state index < -0.39 is 17.5 Å². The number of rotatable bonds is 2. The summed E-state index contributed by atoms with van der Waals surface area (Å²) in [5.74, 6) is -2.04. The van der Waals surface area contributed by atoms with Gasteiger partial charge in [-0.1, -0.05) is 11.3 Å². The highest BCUT2D eigenvalue weighted by Crippen LogP contribution is 2.16. The minimum atomic E-state index is -0.779. The summed E-state index contributed by atoms with van der Waals surface area (Å²) in [4.78, 5) is 11.2. The number of nitrogens with one attached hydrogen (secondary N) is 1. The van der Waals surface area contributed by atoms with Crippen LogP contribution in [0.4, 0.5) is 8.78 Å². The highest BCUT2D eigenvalue weighted by Gasteiger charge is 2.15. The minimum Gasteiger partial charge on any atom is -0.354 e. The molecule has 0 fully saturated rings. The van der Waals surface area contributed by atoms with Gasteiger partial charge in [0.05, 0.1) is 6.20 Å². The standard InChI is InChI=1S/C10H8F2N4O/c1-13-10(17)8-5-16(15-14-8)9-6(11)3-2-4-7(9)12/h2-5H,1H3,(H,13,17). The zero-order valence-corrected chi connectivity index (χ0v) is 8.82. The molecule has 0 saturated carbocycles. The molecule has 2 rings (SSSR count). The Hall–Kier alpha value is -2.31. The van der Waals surface area contributed by atoms with Crippen LogP contribution in [0.25, 0.3) is 5.69 Å². The Kier molecular flexibility index (Phi) is 2.82.